The van der Waals surface area contributed by atoms with E-state index in [2.05, 4.69) is 61.4 Å². The molecule has 0 amide bonds. The van der Waals surface area contributed by atoms with E-state index in [1.807, 2.05) is 42.5 Å². The lowest BCUT2D eigenvalue weighted by molar-refractivity contribution is 0.722. The van der Waals surface area contributed by atoms with Crippen molar-refractivity contribution in [1.82, 2.24) is 30.2 Å². The van der Waals surface area contributed by atoms with E-state index in [-0.39, 0.29) is 0 Å². The van der Waals surface area contributed by atoms with Gasteiger partial charge in [-0.2, -0.15) is 10.5 Å². The quantitative estimate of drug-likeness (QED) is 0.166. The van der Waals surface area contributed by atoms with E-state index >= 15 is 0 Å². The summed E-state index contributed by atoms with van der Waals surface area (Å²) < 4.78 is 2.16. The second-order valence-corrected chi connectivity index (χ2v) is 10.2. The molecule has 0 saturated carbocycles. The Morgan fingerprint density at radius 3 is 2.50 bits per heavy atom. The van der Waals surface area contributed by atoms with Gasteiger partial charge in [0.2, 0.25) is 0 Å². The largest absolute Gasteiger partial charge is 0.323 e. The SMILES string of the molecule is CCCc1nc2c(Cl)cc(N=C(SC)C(C#N)C#N)cc2n1Cc1ccc(-c2ccccc2-c2nnn[nH]2)cc1. The summed E-state index contributed by atoms with van der Waals surface area (Å²) in [6.45, 7) is 2.71. The molecule has 0 aliphatic heterocycles. The van der Waals surface area contributed by atoms with Crippen molar-refractivity contribution in [2.45, 2.75) is 26.3 Å². The molecule has 198 valence electrons. The highest BCUT2D eigenvalue weighted by atomic mass is 35.5. The van der Waals surface area contributed by atoms with Gasteiger partial charge in [0.05, 0.1) is 28.4 Å². The van der Waals surface area contributed by atoms with Crippen LogP contribution >= 0.6 is 23.4 Å². The number of aromatic nitrogens is 6. The zero-order valence-corrected chi connectivity index (χ0v) is 23.4. The summed E-state index contributed by atoms with van der Waals surface area (Å²) in [6.07, 6.45) is 3.52. The number of thioether (sulfide) groups is 1. The maximum absolute atomic E-state index is 9.34. The second-order valence-electron chi connectivity index (χ2n) is 9.00. The van der Waals surface area contributed by atoms with Crippen molar-refractivity contribution in [3.8, 4) is 34.7 Å². The number of aliphatic imine (C=N–C) groups is 1. The first-order valence-electron chi connectivity index (χ1n) is 12.6. The first kappa shape index (κ1) is 27.1. The van der Waals surface area contributed by atoms with Gasteiger partial charge in [-0.1, -0.05) is 67.1 Å². The van der Waals surface area contributed by atoms with Gasteiger partial charge in [-0.15, -0.1) is 16.9 Å². The van der Waals surface area contributed by atoms with E-state index in [9.17, 15) is 10.5 Å². The molecule has 0 spiro atoms. The minimum absolute atomic E-state index is 0.428. The van der Waals surface area contributed by atoms with Crippen LogP contribution in [-0.2, 0) is 13.0 Å². The molecule has 0 bridgehead atoms. The molecule has 0 aliphatic carbocycles. The molecule has 0 atom stereocenters. The number of H-pyrrole nitrogens is 1. The Bertz CT molecular complexity index is 1750. The number of nitriles is 2. The van der Waals surface area contributed by atoms with Crippen molar-refractivity contribution in [2.75, 3.05) is 6.26 Å². The molecule has 2 heterocycles. The molecule has 40 heavy (non-hydrogen) atoms. The number of halogens is 1. The third kappa shape index (κ3) is 5.46. The predicted molar refractivity (Wildman–Crippen MR) is 158 cm³/mol. The van der Waals surface area contributed by atoms with Crippen molar-refractivity contribution in [2.24, 2.45) is 10.9 Å². The van der Waals surface area contributed by atoms with E-state index in [0.29, 0.717) is 33.6 Å². The number of hydrogen-bond acceptors (Lipinski definition) is 8. The number of tetrazole rings is 1. The van der Waals surface area contributed by atoms with Gasteiger partial charge < -0.3 is 4.57 Å². The number of hydrogen-bond donors (Lipinski definition) is 1. The number of aromatic amines is 1. The molecule has 3 aromatic carbocycles. The fraction of sp³-hybridized carbons (Fsp3) is 0.207. The highest BCUT2D eigenvalue weighted by Gasteiger charge is 2.18. The molecule has 2 aromatic heterocycles. The average Bonchev–Trinajstić information content (AvgIpc) is 3.63. The molecule has 5 aromatic rings. The van der Waals surface area contributed by atoms with Gasteiger partial charge in [-0.05, 0) is 51.9 Å². The Labute approximate surface area is 240 Å². The van der Waals surface area contributed by atoms with Crippen LogP contribution in [0.4, 0.5) is 5.69 Å². The number of nitrogens with one attached hydrogen (secondary N) is 1. The van der Waals surface area contributed by atoms with Crippen LogP contribution in [-0.4, -0.2) is 41.5 Å². The maximum atomic E-state index is 9.34. The average molecular weight is 566 g/mol. The zero-order chi connectivity index (χ0) is 28.1. The maximum Gasteiger partial charge on any atom is 0.181 e. The summed E-state index contributed by atoms with van der Waals surface area (Å²) in [7, 11) is 0. The van der Waals surface area contributed by atoms with E-state index in [1.165, 1.54) is 11.8 Å². The minimum atomic E-state index is -0.936. The zero-order valence-electron chi connectivity index (χ0n) is 21.8. The first-order valence-corrected chi connectivity index (χ1v) is 14.2. The van der Waals surface area contributed by atoms with Crippen molar-refractivity contribution in [3.05, 3.63) is 77.1 Å². The van der Waals surface area contributed by atoms with Crippen molar-refractivity contribution in [1.29, 1.82) is 10.5 Å². The summed E-state index contributed by atoms with van der Waals surface area (Å²) in [4.78, 5) is 9.46. The Hall–Kier alpha value is -4.51. The molecule has 5 rings (SSSR count). The molecule has 11 heteroatoms. The number of fused-ring (bicyclic) bond motifs is 1. The molecule has 9 nitrogen and oxygen atoms in total. The second kappa shape index (κ2) is 12.1. The lowest BCUT2D eigenvalue weighted by atomic mass is 9.98. The fourth-order valence-corrected chi connectivity index (χ4v) is 5.34. The highest BCUT2D eigenvalue weighted by Crippen LogP contribution is 2.33. The summed E-state index contributed by atoms with van der Waals surface area (Å²) in [5.41, 5.74) is 6.24. The van der Waals surface area contributed by atoms with E-state index in [0.717, 1.165) is 46.4 Å². The van der Waals surface area contributed by atoms with E-state index in [1.54, 1.807) is 12.3 Å². The number of benzene rings is 3. The standard InChI is InChI=1S/C29H24ClN9S/c1-3-6-26-34-27-24(30)13-21(33-29(40-2)20(15-31)16-32)14-25(27)39(26)17-18-9-11-19(12-10-18)22-7-4-5-8-23(22)28-35-37-38-36-28/h4-5,7-14,20H,3,6,17H2,1-2H3,(H,35,36,37,38). The Morgan fingerprint density at radius 2 is 1.85 bits per heavy atom. The summed E-state index contributed by atoms with van der Waals surface area (Å²) >= 11 is 7.95. The molecule has 0 fully saturated rings. The van der Waals surface area contributed by atoms with Crippen LogP contribution in [0.5, 0.6) is 0 Å². The highest BCUT2D eigenvalue weighted by molar-refractivity contribution is 8.13. The van der Waals surface area contributed by atoms with Crippen LogP contribution < -0.4 is 0 Å². The van der Waals surface area contributed by atoms with Gasteiger partial charge in [-0.25, -0.2) is 15.1 Å². The normalized spacial score (nSPS) is 11.6. The third-order valence-electron chi connectivity index (χ3n) is 6.43. The van der Waals surface area contributed by atoms with Gasteiger partial charge in [0.15, 0.2) is 11.7 Å². The predicted octanol–water partition coefficient (Wildman–Crippen LogP) is 6.59. The third-order valence-corrected chi connectivity index (χ3v) is 7.47. The Kier molecular flexibility index (Phi) is 8.20. The van der Waals surface area contributed by atoms with Crippen LogP contribution in [0.15, 0.2) is 65.7 Å². The monoisotopic (exact) mass is 565 g/mol. The Morgan fingerprint density at radius 1 is 1.10 bits per heavy atom. The van der Waals surface area contributed by atoms with E-state index in [4.69, 9.17) is 16.6 Å². The van der Waals surface area contributed by atoms with Crippen LogP contribution in [0.3, 0.4) is 0 Å². The van der Waals surface area contributed by atoms with Gasteiger partial charge in [-0.3, -0.25) is 0 Å². The number of nitrogens with zero attached hydrogens (tertiary/aromatic N) is 8. The number of aryl methyl sites for hydroxylation is 1. The molecule has 0 saturated heterocycles. The molecule has 0 radical (unpaired) electrons. The van der Waals surface area contributed by atoms with Gasteiger partial charge in [0.1, 0.15) is 16.4 Å². The fourth-order valence-electron chi connectivity index (χ4n) is 4.55. The minimum Gasteiger partial charge on any atom is -0.323 e. The summed E-state index contributed by atoms with van der Waals surface area (Å²) in [5, 5.41) is 33.9. The van der Waals surface area contributed by atoms with Gasteiger partial charge in [0, 0.05) is 18.5 Å². The van der Waals surface area contributed by atoms with Gasteiger partial charge >= 0.3 is 0 Å². The lowest BCUT2D eigenvalue weighted by Gasteiger charge is -2.12. The summed E-state index contributed by atoms with van der Waals surface area (Å²) in [5.74, 6) is 0.614. The van der Waals surface area contributed by atoms with Crippen LogP contribution in [0.2, 0.25) is 5.02 Å². The lowest BCUT2D eigenvalue weighted by Crippen LogP contribution is -2.06. The van der Waals surface area contributed by atoms with Crippen molar-refractivity contribution in [3.63, 3.8) is 0 Å². The smallest absolute Gasteiger partial charge is 0.181 e. The van der Waals surface area contributed by atoms with Crippen molar-refractivity contribution < 1.29 is 0 Å². The van der Waals surface area contributed by atoms with Crippen LogP contribution in [0.25, 0.3) is 33.5 Å². The molecule has 0 unspecified atom stereocenters. The van der Waals surface area contributed by atoms with Gasteiger partial charge in [0.25, 0.3) is 0 Å². The summed E-state index contributed by atoms with van der Waals surface area (Å²) in [6, 6.07) is 24.0. The number of rotatable bonds is 8. The van der Waals surface area contributed by atoms with E-state index < -0.39 is 5.92 Å². The van der Waals surface area contributed by atoms with Crippen molar-refractivity contribution >= 4 is 45.1 Å². The number of imidazole rings is 1. The first-order chi connectivity index (χ1) is 19.6. The molecular formula is C29H24ClN9S. The molecular weight excluding hydrogens is 542 g/mol. The Balaban J connectivity index is 1.52. The van der Waals surface area contributed by atoms with Crippen LogP contribution in [0, 0.1) is 28.6 Å². The molecule has 0 aliphatic rings. The van der Waals surface area contributed by atoms with Crippen LogP contribution in [0.1, 0.15) is 24.7 Å². The topological polar surface area (TPSA) is 132 Å². The molecule has 1 N–H and O–H groups in total.